The van der Waals surface area contributed by atoms with Gasteiger partial charge in [-0.3, -0.25) is 0 Å². The number of hydrogen-bond donors (Lipinski definition) is 1. The average Bonchev–Trinajstić information content (AvgIpc) is 2.28. The fourth-order valence-electron chi connectivity index (χ4n) is 1.30. The normalized spacial score (nSPS) is 10.2. The second-order valence-corrected chi connectivity index (χ2v) is 4.14. The van der Waals surface area contributed by atoms with Crippen molar-refractivity contribution in [3.05, 3.63) is 46.4 Å². The van der Waals surface area contributed by atoms with Crippen LogP contribution in [-0.2, 0) is 0 Å². The fourth-order valence-corrected chi connectivity index (χ4v) is 1.77. The molecule has 0 aliphatic carbocycles. The summed E-state index contributed by atoms with van der Waals surface area (Å²) in [6.45, 7) is 0. The largest absolute Gasteiger partial charge is 0.477 e. The Morgan fingerprint density at radius 3 is 2.76 bits per heavy atom. The van der Waals surface area contributed by atoms with Crippen molar-refractivity contribution in [2.24, 2.45) is 0 Å². The summed E-state index contributed by atoms with van der Waals surface area (Å²) >= 11 is 3.15. The SMILES string of the molecule is O=C(O)c1ccnc(-c2cc(F)cc(Br)c2)n1. The van der Waals surface area contributed by atoms with Gasteiger partial charge in [-0.2, -0.15) is 0 Å². The van der Waals surface area contributed by atoms with E-state index in [0.717, 1.165) is 0 Å². The molecule has 0 aliphatic rings. The second kappa shape index (κ2) is 4.58. The molecular formula is C11H6BrFN2O2. The van der Waals surface area contributed by atoms with Crippen molar-refractivity contribution >= 4 is 21.9 Å². The highest BCUT2D eigenvalue weighted by Gasteiger charge is 2.09. The molecule has 2 rings (SSSR count). The first-order valence-electron chi connectivity index (χ1n) is 4.59. The summed E-state index contributed by atoms with van der Waals surface area (Å²) in [6.07, 6.45) is 1.32. The van der Waals surface area contributed by atoms with E-state index in [4.69, 9.17) is 5.11 Å². The highest BCUT2D eigenvalue weighted by atomic mass is 79.9. The first-order chi connectivity index (χ1) is 8.06. The van der Waals surface area contributed by atoms with Gasteiger partial charge in [0.25, 0.3) is 0 Å². The van der Waals surface area contributed by atoms with Gasteiger partial charge in [0.15, 0.2) is 11.5 Å². The lowest BCUT2D eigenvalue weighted by molar-refractivity contribution is 0.0690. The third-order valence-electron chi connectivity index (χ3n) is 2.00. The average molecular weight is 297 g/mol. The summed E-state index contributed by atoms with van der Waals surface area (Å²) < 4.78 is 13.7. The number of aromatic carboxylic acids is 1. The maximum atomic E-state index is 13.2. The van der Waals surface area contributed by atoms with Gasteiger partial charge in [0.2, 0.25) is 0 Å². The third kappa shape index (κ3) is 2.65. The van der Waals surface area contributed by atoms with Crippen LogP contribution < -0.4 is 0 Å². The summed E-state index contributed by atoms with van der Waals surface area (Å²) in [7, 11) is 0. The summed E-state index contributed by atoms with van der Waals surface area (Å²) in [5.74, 6) is -1.42. The van der Waals surface area contributed by atoms with Crippen LogP contribution in [0.3, 0.4) is 0 Å². The van der Waals surface area contributed by atoms with Crippen LogP contribution in [0.15, 0.2) is 34.9 Å². The number of nitrogens with zero attached hydrogens (tertiary/aromatic N) is 2. The Morgan fingerprint density at radius 2 is 2.12 bits per heavy atom. The Morgan fingerprint density at radius 1 is 1.35 bits per heavy atom. The molecule has 0 atom stereocenters. The molecule has 1 heterocycles. The van der Waals surface area contributed by atoms with Crippen LogP contribution in [0, 0.1) is 5.82 Å². The zero-order chi connectivity index (χ0) is 12.4. The predicted molar refractivity (Wildman–Crippen MR) is 62.1 cm³/mol. The predicted octanol–water partition coefficient (Wildman–Crippen LogP) is 2.74. The molecular weight excluding hydrogens is 291 g/mol. The first kappa shape index (κ1) is 11.7. The Bertz CT molecular complexity index is 569. The van der Waals surface area contributed by atoms with E-state index in [1.807, 2.05) is 0 Å². The molecule has 0 aliphatic heterocycles. The standard InChI is InChI=1S/C11H6BrFN2O2/c12-7-3-6(4-8(13)5-7)10-14-2-1-9(15-10)11(16)17/h1-5H,(H,16,17). The number of carboxylic acid groups (broad SMARTS) is 1. The molecule has 0 spiro atoms. The fraction of sp³-hybridized carbons (Fsp3) is 0. The molecule has 0 saturated carbocycles. The molecule has 0 unspecified atom stereocenters. The van der Waals surface area contributed by atoms with Gasteiger partial charge in [-0.15, -0.1) is 0 Å². The Hall–Kier alpha value is -1.82. The van der Waals surface area contributed by atoms with Crippen molar-refractivity contribution < 1.29 is 14.3 Å². The third-order valence-corrected chi connectivity index (χ3v) is 2.45. The van der Waals surface area contributed by atoms with Crippen LogP contribution in [0.1, 0.15) is 10.5 Å². The number of halogens is 2. The maximum Gasteiger partial charge on any atom is 0.354 e. The van der Waals surface area contributed by atoms with Gasteiger partial charge < -0.3 is 5.11 Å². The van der Waals surface area contributed by atoms with Crippen molar-refractivity contribution in [2.75, 3.05) is 0 Å². The van der Waals surface area contributed by atoms with E-state index in [2.05, 4.69) is 25.9 Å². The van der Waals surface area contributed by atoms with Gasteiger partial charge in [0, 0.05) is 16.2 Å². The Balaban J connectivity index is 2.52. The topological polar surface area (TPSA) is 63.1 Å². The maximum absolute atomic E-state index is 13.2. The van der Waals surface area contributed by atoms with Crippen molar-refractivity contribution in [2.45, 2.75) is 0 Å². The number of carbonyl (C=O) groups is 1. The summed E-state index contributed by atoms with van der Waals surface area (Å²) in [5.41, 5.74) is 0.287. The summed E-state index contributed by atoms with van der Waals surface area (Å²) in [5, 5.41) is 8.79. The lowest BCUT2D eigenvalue weighted by Gasteiger charge is -2.02. The minimum Gasteiger partial charge on any atom is -0.477 e. The van der Waals surface area contributed by atoms with Crippen LogP contribution in [-0.4, -0.2) is 21.0 Å². The number of aromatic nitrogens is 2. The monoisotopic (exact) mass is 296 g/mol. The minimum absolute atomic E-state index is 0.129. The van der Waals surface area contributed by atoms with Gasteiger partial charge in [0.1, 0.15) is 5.82 Å². The zero-order valence-electron chi connectivity index (χ0n) is 8.39. The van der Waals surface area contributed by atoms with Crippen molar-refractivity contribution in [1.29, 1.82) is 0 Å². The van der Waals surface area contributed by atoms with Crippen molar-refractivity contribution in [3.8, 4) is 11.4 Å². The van der Waals surface area contributed by atoms with Gasteiger partial charge in [-0.25, -0.2) is 19.2 Å². The number of carboxylic acids is 1. The Labute approximate surface area is 104 Å². The molecule has 1 N–H and O–H groups in total. The quantitative estimate of drug-likeness (QED) is 0.925. The molecule has 1 aromatic heterocycles. The minimum atomic E-state index is -1.15. The zero-order valence-corrected chi connectivity index (χ0v) is 9.98. The summed E-state index contributed by atoms with van der Waals surface area (Å²) in [4.78, 5) is 18.5. The van der Waals surface area contributed by atoms with Crippen LogP contribution >= 0.6 is 15.9 Å². The molecule has 0 radical (unpaired) electrons. The smallest absolute Gasteiger partial charge is 0.354 e. The lowest BCUT2D eigenvalue weighted by atomic mass is 10.2. The van der Waals surface area contributed by atoms with Crippen molar-refractivity contribution in [3.63, 3.8) is 0 Å². The second-order valence-electron chi connectivity index (χ2n) is 3.23. The molecule has 2 aromatic rings. The molecule has 0 bridgehead atoms. The van der Waals surface area contributed by atoms with E-state index < -0.39 is 11.8 Å². The molecule has 4 nitrogen and oxygen atoms in total. The lowest BCUT2D eigenvalue weighted by Crippen LogP contribution is -2.02. The van der Waals surface area contributed by atoms with E-state index in [0.29, 0.717) is 10.0 Å². The van der Waals surface area contributed by atoms with Gasteiger partial charge in [0.05, 0.1) is 0 Å². The molecule has 6 heteroatoms. The molecule has 0 fully saturated rings. The van der Waals surface area contributed by atoms with E-state index in [-0.39, 0.29) is 11.5 Å². The van der Waals surface area contributed by atoms with Crippen molar-refractivity contribution in [1.82, 2.24) is 9.97 Å². The summed E-state index contributed by atoms with van der Waals surface area (Å²) in [6, 6.07) is 5.43. The van der Waals surface area contributed by atoms with E-state index in [9.17, 15) is 9.18 Å². The Kier molecular flexibility index (Phi) is 3.14. The van der Waals surface area contributed by atoms with Crippen LogP contribution in [0.2, 0.25) is 0 Å². The highest BCUT2D eigenvalue weighted by Crippen LogP contribution is 2.21. The van der Waals surface area contributed by atoms with Gasteiger partial charge in [-0.05, 0) is 24.3 Å². The van der Waals surface area contributed by atoms with E-state index in [1.165, 1.54) is 24.4 Å². The number of hydrogen-bond acceptors (Lipinski definition) is 3. The molecule has 17 heavy (non-hydrogen) atoms. The van der Waals surface area contributed by atoms with Gasteiger partial charge >= 0.3 is 5.97 Å². The first-order valence-corrected chi connectivity index (χ1v) is 5.38. The molecule has 86 valence electrons. The van der Waals surface area contributed by atoms with E-state index in [1.54, 1.807) is 6.07 Å². The van der Waals surface area contributed by atoms with Crippen LogP contribution in [0.5, 0.6) is 0 Å². The van der Waals surface area contributed by atoms with Crippen LogP contribution in [0.25, 0.3) is 11.4 Å². The van der Waals surface area contributed by atoms with E-state index >= 15 is 0 Å². The van der Waals surface area contributed by atoms with Gasteiger partial charge in [-0.1, -0.05) is 15.9 Å². The molecule has 0 amide bonds. The number of benzene rings is 1. The highest BCUT2D eigenvalue weighted by molar-refractivity contribution is 9.10. The molecule has 0 saturated heterocycles. The molecule has 1 aromatic carbocycles. The number of rotatable bonds is 2. The van der Waals surface area contributed by atoms with Crippen LogP contribution in [0.4, 0.5) is 4.39 Å².